The molecule has 0 amide bonds. The van der Waals surface area contributed by atoms with Crippen LogP contribution in [0.5, 0.6) is 0 Å². The number of halogens is 2. The van der Waals surface area contributed by atoms with Crippen LogP contribution in [0.15, 0.2) is 6.20 Å². The van der Waals surface area contributed by atoms with Crippen LogP contribution < -0.4 is 0 Å². The lowest BCUT2D eigenvalue weighted by Crippen LogP contribution is -1.77. The fourth-order valence-corrected chi connectivity index (χ4v) is 0.449. The molecule has 1 radical (unpaired) electrons. The average Bonchev–Trinajstić information content (AvgIpc) is 1.77. The molecule has 0 unspecified atom stereocenters. The second-order valence-corrected chi connectivity index (χ2v) is 1.84. The molecular formula is C4HCl2N2. The summed E-state index contributed by atoms with van der Waals surface area (Å²) >= 11 is 10.7. The van der Waals surface area contributed by atoms with E-state index in [9.17, 15) is 0 Å². The largest absolute Gasteiger partial charge is 0.225 e. The smallest absolute Gasteiger partial charge is 0.223 e. The lowest BCUT2D eigenvalue weighted by molar-refractivity contribution is 1.16. The van der Waals surface area contributed by atoms with Crippen molar-refractivity contribution in [3.8, 4) is 0 Å². The highest BCUT2D eigenvalue weighted by molar-refractivity contribution is 6.31. The zero-order chi connectivity index (χ0) is 5.98. The van der Waals surface area contributed by atoms with Gasteiger partial charge in [-0.3, -0.25) is 0 Å². The molecule has 2 nitrogen and oxygen atoms in total. The van der Waals surface area contributed by atoms with Crippen LogP contribution >= 0.6 is 23.2 Å². The molecule has 1 rings (SSSR count). The van der Waals surface area contributed by atoms with Gasteiger partial charge >= 0.3 is 0 Å². The van der Waals surface area contributed by atoms with Crippen LogP contribution in [0.1, 0.15) is 0 Å². The number of hydrogen-bond acceptors (Lipinski definition) is 2. The minimum atomic E-state index is 0.161. The summed E-state index contributed by atoms with van der Waals surface area (Å²) in [6.45, 7) is 0. The zero-order valence-electron chi connectivity index (χ0n) is 3.73. The predicted molar refractivity (Wildman–Crippen MR) is 30.9 cm³/mol. The van der Waals surface area contributed by atoms with Crippen LogP contribution in [-0.4, -0.2) is 9.97 Å². The molecule has 0 aliphatic heterocycles. The monoisotopic (exact) mass is 147 g/mol. The van der Waals surface area contributed by atoms with Gasteiger partial charge in [0.25, 0.3) is 0 Å². The third kappa shape index (κ3) is 1.32. The molecule has 8 heavy (non-hydrogen) atoms. The highest BCUT2D eigenvalue weighted by Crippen LogP contribution is 2.03. The summed E-state index contributed by atoms with van der Waals surface area (Å²) in [5, 5.41) is 0.531. The summed E-state index contributed by atoms with van der Waals surface area (Å²) in [4.78, 5) is 7.05. The third-order valence-corrected chi connectivity index (χ3v) is 0.904. The summed E-state index contributed by atoms with van der Waals surface area (Å²) in [5.74, 6) is 0. The Morgan fingerprint density at radius 2 is 2.25 bits per heavy atom. The summed E-state index contributed by atoms with van der Waals surface area (Å²) < 4.78 is 0. The third-order valence-electron chi connectivity index (χ3n) is 0.539. The van der Waals surface area contributed by atoms with E-state index in [0.717, 1.165) is 0 Å². The standard InChI is InChI=1S/C4HCl2N2/c5-3-1-7-4(6)8-2-3/h1H. The first kappa shape index (κ1) is 5.79. The van der Waals surface area contributed by atoms with E-state index in [1.54, 1.807) is 0 Å². The quantitative estimate of drug-likeness (QED) is 0.522. The average molecular weight is 148 g/mol. The number of rotatable bonds is 0. The van der Waals surface area contributed by atoms with E-state index < -0.39 is 0 Å². The maximum Gasteiger partial charge on any atom is 0.223 e. The van der Waals surface area contributed by atoms with Gasteiger partial charge in [-0.25, -0.2) is 9.97 Å². The van der Waals surface area contributed by atoms with Crippen molar-refractivity contribution < 1.29 is 0 Å². The van der Waals surface area contributed by atoms with E-state index in [1.807, 2.05) is 0 Å². The lowest BCUT2D eigenvalue weighted by atomic mass is 10.7. The molecule has 0 aliphatic rings. The number of hydrogen-bond donors (Lipinski definition) is 0. The highest BCUT2D eigenvalue weighted by Gasteiger charge is 1.87. The predicted octanol–water partition coefficient (Wildman–Crippen LogP) is 1.58. The Kier molecular flexibility index (Phi) is 1.65. The minimum Gasteiger partial charge on any atom is -0.225 e. The van der Waals surface area contributed by atoms with E-state index >= 15 is 0 Å². The zero-order valence-corrected chi connectivity index (χ0v) is 5.24. The maximum absolute atomic E-state index is 5.37. The van der Waals surface area contributed by atoms with Crippen LogP contribution in [0.4, 0.5) is 0 Å². The summed E-state index contributed by atoms with van der Waals surface area (Å²) in [5.41, 5.74) is 0. The Labute approximate surface area is 56.5 Å². The molecule has 0 bridgehead atoms. The van der Waals surface area contributed by atoms with Gasteiger partial charge in [-0.1, -0.05) is 11.6 Å². The van der Waals surface area contributed by atoms with Gasteiger partial charge in [-0.2, -0.15) is 0 Å². The highest BCUT2D eigenvalue weighted by atomic mass is 35.5. The molecule has 0 aliphatic carbocycles. The van der Waals surface area contributed by atoms with Gasteiger partial charge in [0, 0.05) is 0 Å². The Hall–Kier alpha value is -0.340. The number of aromatic nitrogens is 2. The number of nitrogens with zero attached hydrogens (tertiary/aromatic N) is 2. The molecule has 0 saturated heterocycles. The van der Waals surface area contributed by atoms with E-state index in [-0.39, 0.29) is 5.28 Å². The van der Waals surface area contributed by atoms with Crippen LogP contribution in [0.3, 0.4) is 0 Å². The van der Waals surface area contributed by atoms with Crippen molar-refractivity contribution in [2.75, 3.05) is 0 Å². The Bertz CT molecular complexity index is 151. The van der Waals surface area contributed by atoms with E-state index in [1.165, 1.54) is 6.20 Å². The summed E-state index contributed by atoms with van der Waals surface area (Å²) in [6, 6.07) is 0. The van der Waals surface area contributed by atoms with Gasteiger partial charge in [0.05, 0.1) is 11.2 Å². The van der Waals surface area contributed by atoms with Crippen molar-refractivity contribution in [2.24, 2.45) is 0 Å². The van der Waals surface area contributed by atoms with Crippen molar-refractivity contribution in [3.05, 3.63) is 22.7 Å². The van der Waals surface area contributed by atoms with Crippen LogP contribution in [0.2, 0.25) is 10.3 Å². The van der Waals surface area contributed by atoms with Crippen LogP contribution in [0.25, 0.3) is 0 Å². The van der Waals surface area contributed by atoms with E-state index in [0.29, 0.717) is 5.02 Å². The molecule has 1 heterocycles. The molecule has 0 N–H and O–H groups in total. The van der Waals surface area contributed by atoms with Crippen molar-refractivity contribution in [2.45, 2.75) is 0 Å². The topological polar surface area (TPSA) is 25.8 Å². The lowest BCUT2D eigenvalue weighted by Gasteiger charge is -1.83. The van der Waals surface area contributed by atoms with Gasteiger partial charge < -0.3 is 0 Å². The Balaban J connectivity index is 3.03. The Morgan fingerprint density at radius 1 is 1.50 bits per heavy atom. The van der Waals surface area contributed by atoms with Gasteiger partial charge in [-0.15, -0.1) is 0 Å². The van der Waals surface area contributed by atoms with Crippen LogP contribution in [0, 0.1) is 6.20 Å². The first-order valence-corrected chi connectivity index (χ1v) is 2.60. The molecule has 1 aromatic heterocycles. The van der Waals surface area contributed by atoms with E-state index in [2.05, 4.69) is 16.2 Å². The molecule has 0 saturated carbocycles. The van der Waals surface area contributed by atoms with Gasteiger partial charge in [0.1, 0.15) is 6.20 Å². The second-order valence-electron chi connectivity index (χ2n) is 1.10. The minimum absolute atomic E-state index is 0.161. The van der Waals surface area contributed by atoms with Crippen molar-refractivity contribution in [1.82, 2.24) is 9.97 Å². The normalized spacial score (nSPS) is 9.25. The summed E-state index contributed by atoms with van der Waals surface area (Å²) in [7, 11) is 0. The SMILES string of the molecule is Clc1[c]nc(Cl)nc1. The first-order valence-electron chi connectivity index (χ1n) is 1.85. The van der Waals surface area contributed by atoms with E-state index in [4.69, 9.17) is 23.2 Å². The molecule has 1 aromatic rings. The van der Waals surface area contributed by atoms with Gasteiger partial charge in [0.2, 0.25) is 5.28 Å². The molecule has 0 fully saturated rings. The second kappa shape index (κ2) is 2.29. The maximum atomic E-state index is 5.37. The van der Waals surface area contributed by atoms with Crippen molar-refractivity contribution in [3.63, 3.8) is 0 Å². The molecule has 0 atom stereocenters. The molecular weight excluding hydrogens is 147 g/mol. The molecule has 41 valence electrons. The fourth-order valence-electron chi connectivity index (χ4n) is 0.267. The molecule has 0 spiro atoms. The van der Waals surface area contributed by atoms with Crippen molar-refractivity contribution in [1.29, 1.82) is 0 Å². The van der Waals surface area contributed by atoms with Gasteiger partial charge in [0.15, 0.2) is 0 Å². The van der Waals surface area contributed by atoms with Gasteiger partial charge in [-0.05, 0) is 11.6 Å². The molecule has 4 heteroatoms. The molecule has 0 aromatic carbocycles. The summed E-state index contributed by atoms with van der Waals surface area (Å²) in [6.07, 6.45) is 3.81. The van der Waals surface area contributed by atoms with Crippen LogP contribution in [-0.2, 0) is 0 Å². The fraction of sp³-hybridized carbons (Fsp3) is 0. The first-order chi connectivity index (χ1) is 3.79. The Morgan fingerprint density at radius 3 is 2.62 bits per heavy atom. The van der Waals surface area contributed by atoms with Crippen molar-refractivity contribution >= 4 is 23.2 Å².